The molecule has 0 saturated heterocycles. The van der Waals surface area contributed by atoms with E-state index < -0.39 is 0 Å². The van der Waals surface area contributed by atoms with Crippen LogP contribution in [-0.4, -0.2) is 10.2 Å². The molecule has 2 nitrogen and oxygen atoms in total. The zero-order valence-corrected chi connectivity index (χ0v) is 19.4. The van der Waals surface area contributed by atoms with Gasteiger partial charge in [0.2, 0.25) is 0 Å². The molecule has 0 radical (unpaired) electrons. The third kappa shape index (κ3) is 7.22. The minimum Gasteiger partial charge on any atom is -0.155 e. The van der Waals surface area contributed by atoms with Gasteiger partial charge in [0, 0.05) is 11.5 Å². The average Bonchev–Trinajstić information content (AvgIpc) is 2.80. The number of unbranched alkanes of at least 4 members (excludes halogenated alkanes) is 6. The lowest BCUT2D eigenvalue weighted by Gasteiger charge is -2.28. The fourth-order valence-corrected chi connectivity index (χ4v) is 4.92. The van der Waals surface area contributed by atoms with Crippen molar-refractivity contribution in [1.29, 1.82) is 0 Å². The molecule has 1 aliphatic carbocycles. The van der Waals surface area contributed by atoms with Gasteiger partial charge in [-0.25, -0.2) is 0 Å². The SMILES string of the molecule is CCCCCCCc1ccc(-c2ccc(C3CCC(CCCCC)CC3)nn2)cc1. The van der Waals surface area contributed by atoms with E-state index in [1.165, 1.54) is 107 Å². The molecular weight excluding hydrogens is 364 g/mol. The summed E-state index contributed by atoms with van der Waals surface area (Å²) in [7, 11) is 0. The van der Waals surface area contributed by atoms with Crippen molar-refractivity contribution < 1.29 is 0 Å². The van der Waals surface area contributed by atoms with Gasteiger partial charge in [-0.05, 0) is 62.1 Å². The lowest BCUT2D eigenvalue weighted by Crippen LogP contribution is -2.14. The number of rotatable bonds is 12. The van der Waals surface area contributed by atoms with Crippen LogP contribution in [0.4, 0.5) is 0 Å². The van der Waals surface area contributed by atoms with Crippen molar-refractivity contribution in [2.24, 2.45) is 5.92 Å². The van der Waals surface area contributed by atoms with Gasteiger partial charge in [0.15, 0.2) is 0 Å². The molecule has 1 aromatic carbocycles. The average molecular weight is 407 g/mol. The minimum absolute atomic E-state index is 0.615. The normalized spacial score (nSPS) is 19.1. The summed E-state index contributed by atoms with van der Waals surface area (Å²) in [5.74, 6) is 1.56. The largest absolute Gasteiger partial charge is 0.155 e. The highest BCUT2D eigenvalue weighted by atomic mass is 15.1. The zero-order chi connectivity index (χ0) is 21.0. The standard InChI is InChI=1S/C28H42N2/c1-3-5-7-8-10-12-24-15-19-26(20-16-24)28-22-21-27(29-30-28)25-17-13-23(14-18-25)11-9-6-4-2/h15-16,19-23,25H,3-14,17-18H2,1-2H3. The maximum Gasteiger partial charge on any atom is 0.0929 e. The van der Waals surface area contributed by atoms with Crippen LogP contribution in [0.15, 0.2) is 36.4 Å². The van der Waals surface area contributed by atoms with Crippen molar-refractivity contribution in [3.63, 3.8) is 0 Å². The topological polar surface area (TPSA) is 25.8 Å². The summed E-state index contributed by atoms with van der Waals surface area (Å²) < 4.78 is 0. The van der Waals surface area contributed by atoms with Gasteiger partial charge in [-0.1, -0.05) is 89.5 Å². The third-order valence-corrected chi connectivity index (χ3v) is 6.98. The number of aromatic nitrogens is 2. The van der Waals surface area contributed by atoms with Crippen LogP contribution in [0.25, 0.3) is 11.3 Å². The zero-order valence-electron chi connectivity index (χ0n) is 19.4. The molecule has 2 heteroatoms. The lowest BCUT2D eigenvalue weighted by molar-refractivity contribution is 0.299. The van der Waals surface area contributed by atoms with Crippen molar-refractivity contribution in [3.05, 3.63) is 47.7 Å². The van der Waals surface area contributed by atoms with E-state index in [1.54, 1.807) is 0 Å². The molecule has 1 fully saturated rings. The summed E-state index contributed by atoms with van der Waals surface area (Å²) >= 11 is 0. The quantitative estimate of drug-likeness (QED) is 0.330. The Balaban J connectivity index is 1.46. The van der Waals surface area contributed by atoms with Crippen LogP contribution in [0.2, 0.25) is 0 Å². The van der Waals surface area contributed by atoms with Gasteiger partial charge >= 0.3 is 0 Å². The second kappa shape index (κ2) is 12.9. The van der Waals surface area contributed by atoms with Crippen LogP contribution in [0.3, 0.4) is 0 Å². The number of hydrogen-bond donors (Lipinski definition) is 0. The van der Waals surface area contributed by atoms with E-state index in [0.717, 1.165) is 11.6 Å². The van der Waals surface area contributed by atoms with Gasteiger partial charge in [-0.15, -0.1) is 0 Å². The van der Waals surface area contributed by atoms with E-state index in [-0.39, 0.29) is 0 Å². The minimum atomic E-state index is 0.615. The first kappa shape index (κ1) is 23.0. The van der Waals surface area contributed by atoms with E-state index in [4.69, 9.17) is 0 Å². The summed E-state index contributed by atoms with van der Waals surface area (Å²) in [6.45, 7) is 4.57. The molecule has 164 valence electrons. The van der Waals surface area contributed by atoms with Crippen LogP contribution in [0, 0.1) is 5.92 Å². The molecule has 1 heterocycles. The van der Waals surface area contributed by atoms with E-state index in [1.807, 2.05) is 0 Å². The van der Waals surface area contributed by atoms with E-state index in [0.29, 0.717) is 5.92 Å². The van der Waals surface area contributed by atoms with E-state index in [9.17, 15) is 0 Å². The Labute approximate surface area is 184 Å². The highest BCUT2D eigenvalue weighted by Gasteiger charge is 2.23. The van der Waals surface area contributed by atoms with Gasteiger partial charge in [-0.3, -0.25) is 0 Å². The number of nitrogens with zero attached hydrogens (tertiary/aromatic N) is 2. The van der Waals surface area contributed by atoms with Crippen LogP contribution in [0.5, 0.6) is 0 Å². The fourth-order valence-electron chi connectivity index (χ4n) is 4.92. The van der Waals surface area contributed by atoms with Crippen molar-refractivity contribution in [2.75, 3.05) is 0 Å². The summed E-state index contributed by atoms with van der Waals surface area (Å²) in [6, 6.07) is 13.4. The Morgan fingerprint density at radius 3 is 2.07 bits per heavy atom. The van der Waals surface area contributed by atoms with Crippen LogP contribution in [-0.2, 0) is 6.42 Å². The van der Waals surface area contributed by atoms with Crippen molar-refractivity contribution in [1.82, 2.24) is 10.2 Å². The van der Waals surface area contributed by atoms with Gasteiger partial charge < -0.3 is 0 Å². The first-order valence-corrected chi connectivity index (χ1v) is 12.7. The molecule has 1 aromatic heterocycles. The first-order chi connectivity index (χ1) is 14.8. The van der Waals surface area contributed by atoms with Gasteiger partial charge in [-0.2, -0.15) is 10.2 Å². The van der Waals surface area contributed by atoms with Crippen molar-refractivity contribution >= 4 is 0 Å². The second-order valence-electron chi connectivity index (χ2n) is 9.42. The summed E-state index contributed by atoms with van der Waals surface area (Å²) in [5.41, 5.74) is 4.83. The molecule has 0 atom stereocenters. The fraction of sp³-hybridized carbons (Fsp3) is 0.643. The first-order valence-electron chi connectivity index (χ1n) is 12.7. The molecule has 3 rings (SSSR count). The van der Waals surface area contributed by atoms with Crippen LogP contribution < -0.4 is 0 Å². The van der Waals surface area contributed by atoms with Gasteiger partial charge in [0.25, 0.3) is 0 Å². The van der Waals surface area contributed by atoms with E-state index in [2.05, 4.69) is 60.4 Å². The van der Waals surface area contributed by atoms with Crippen LogP contribution in [0.1, 0.15) is 114 Å². The summed E-state index contributed by atoms with van der Waals surface area (Å²) in [6.07, 6.45) is 18.8. The van der Waals surface area contributed by atoms with E-state index >= 15 is 0 Å². The highest BCUT2D eigenvalue weighted by molar-refractivity contribution is 5.58. The molecule has 0 aliphatic heterocycles. The molecule has 1 aliphatic rings. The maximum atomic E-state index is 4.63. The molecule has 30 heavy (non-hydrogen) atoms. The summed E-state index contributed by atoms with van der Waals surface area (Å²) in [5, 5.41) is 9.21. The Kier molecular flexibility index (Phi) is 9.86. The third-order valence-electron chi connectivity index (χ3n) is 6.98. The number of benzene rings is 1. The smallest absolute Gasteiger partial charge is 0.0929 e. The highest BCUT2D eigenvalue weighted by Crippen LogP contribution is 2.37. The van der Waals surface area contributed by atoms with Crippen molar-refractivity contribution in [3.8, 4) is 11.3 Å². The number of hydrogen-bond acceptors (Lipinski definition) is 2. The Morgan fingerprint density at radius 1 is 0.700 bits per heavy atom. The summed E-state index contributed by atoms with van der Waals surface area (Å²) in [4.78, 5) is 0. The van der Waals surface area contributed by atoms with Gasteiger partial charge in [0.1, 0.15) is 0 Å². The molecule has 0 unspecified atom stereocenters. The molecule has 0 bridgehead atoms. The molecule has 1 saturated carbocycles. The molecule has 0 spiro atoms. The van der Waals surface area contributed by atoms with Gasteiger partial charge in [0.05, 0.1) is 11.4 Å². The maximum absolute atomic E-state index is 4.63. The molecular formula is C28H42N2. The monoisotopic (exact) mass is 406 g/mol. The Bertz CT molecular complexity index is 696. The molecule has 2 aromatic rings. The molecule has 0 amide bonds. The second-order valence-corrected chi connectivity index (χ2v) is 9.42. The van der Waals surface area contributed by atoms with Crippen molar-refractivity contribution in [2.45, 2.75) is 110 Å². The molecule has 0 N–H and O–H groups in total. The predicted molar refractivity (Wildman–Crippen MR) is 129 cm³/mol. The predicted octanol–water partition coefficient (Wildman–Crippen LogP) is 8.51. The Morgan fingerprint density at radius 2 is 1.40 bits per heavy atom. The van der Waals surface area contributed by atoms with Crippen LogP contribution >= 0.6 is 0 Å². The number of aryl methyl sites for hydroxylation is 1. The Hall–Kier alpha value is -1.70. The lowest BCUT2D eigenvalue weighted by atomic mass is 9.78.